The molecule has 1 aliphatic rings. The van der Waals surface area contributed by atoms with Crippen molar-refractivity contribution in [2.24, 2.45) is 11.8 Å². The van der Waals surface area contributed by atoms with Crippen LogP contribution in [0.2, 0.25) is 0 Å². The molecule has 2 atom stereocenters. The summed E-state index contributed by atoms with van der Waals surface area (Å²) in [5, 5.41) is 3.30. The van der Waals surface area contributed by atoms with Gasteiger partial charge in [-0.2, -0.15) is 0 Å². The molecule has 1 N–H and O–H groups in total. The lowest BCUT2D eigenvalue weighted by Gasteiger charge is -2.18. The predicted molar refractivity (Wildman–Crippen MR) is 65.2 cm³/mol. The average molecular weight is 227 g/mol. The maximum atomic E-state index is 11.0. The zero-order valence-electron chi connectivity index (χ0n) is 10.8. The van der Waals surface area contributed by atoms with Gasteiger partial charge in [-0.1, -0.05) is 26.7 Å². The third kappa shape index (κ3) is 4.52. The summed E-state index contributed by atoms with van der Waals surface area (Å²) in [6, 6.07) is 0.503. The molecule has 0 heterocycles. The van der Waals surface area contributed by atoms with Crippen LogP contribution in [-0.2, 0) is 9.53 Å². The first-order valence-corrected chi connectivity index (χ1v) is 6.43. The molecule has 0 aromatic carbocycles. The maximum absolute atomic E-state index is 11.0. The summed E-state index contributed by atoms with van der Waals surface area (Å²) >= 11 is 0. The summed E-state index contributed by atoms with van der Waals surface area (Å²) < 4.78 is 4.63. The summed E-state index contributed by atoms with van der Waals surface area (Å²) in [7, 11) is 1.44. The summed E-state index contributed by atoms with van der Waals surface area (Å²) in [5.74, 6) is 1.49. The number of nitrogens with one attached hydrogen (secondary N) is 1. The zero-order valence-corrected chi connectivity index (χ0v) is 10.8. The summed E-state index contributed by atoms with van der Waals surface area (Å²) in [6.45, 7) is 4.98. The van der Waals surface area contributed by atoms with Crippen molar-refractivity contribution in [1.29, 1.82) is 0 Å². The Morgan fingerprint density at radius 2 is 2.06 bits per heavy atom. The third-order valence-corrected chi connectivity index (χ3v) is 3.72. The highest BCUT2D eigenvalue weighted by molar-refractivity contribution is 5.71. The lowest BCUT2D eigenvalue weighted by molar-refractivity contribution is -0.139. The van der Waals surface area contributed by atoms with E-state index in [9.17, 15) is 4.79 Å². The van der Waals surface area contributed by atoms with Crippen molar-refractivity contribution in [3.05, 3.63) is 0 Å². The molecule has 16 heavy (non-hydrogen) atoms. The first-order valence-electron chi connectivity index (χ1n) is 6.43. The molecule has 2 unspecified atom stereocenters. The number of carbonyl (C=O) groups excluding carboxylic acids is 1. The fraction of sp³-hybridized carbons (Fsp3) is 0.923. The maximum Gasteiger partial charge on any atom is 0.319 e. The molecule has 3 nitrogen and oxygen atoms in total. The number of hydrogen-bond donors (Lipinski definition) is 1. The molecule has 0 spiro atoms. The molecule has 0 aliphatic heterocycles. The molecule has 94 valence electrons. The van der Waals surface area contributed by atoms with Gasteiger partial charge in [0, 0.05) is 6.04 Å². The van der Waals surface area contributed by atoms with E-state index < -0.39 is 0 Å². The summed E-state index contributed by atoms with van der Waals surface area (Å²) in [6.07, 6.45) is 6.30. The van der Waals surface area contributed by atoms with Crippen LogP contribution < -0.4 is 5.32 Å². The van der Waals surface area contributed by atoms with Crippen molar-refractivity contribution in [3.63, 3.8) is 0 Å². The van der Waals surface area contributed by atoms with Crippen LogP contribution in [-0.4, -0.2) is 25.7 Å². The van der Waals surface area contributed by atoms with Gasteiger partial charge in [0.15, 0.2) is 0 Å². The van der Waals surface area contributed by atoms with Gasteiger partial charge in [0.2, 0.25) is 0 Å². The van der Waals surface area contributed by atoms with Crippen LogP contribution >= 0.6 is 0 Å². The van der Waals surface area contributed by atoms with Crippen LogP contribution in [0.25, 0.3) is 0 Å². The van der Waals surface area contributed by atoms with E-state index in [0.717, 1.165) is 11.8 Å². The van der Waals surface area contributed by atoms with Gasteiger partial charge in [0.25, 0.3) is 0 Å². The second-order valence-corrected chi connectivity index (χ2v) is 5.17. The van der Waals surface area contributed by atoms with Gasteiger partial charge >= 0.3 is 5.97 Å². The van der Waals surface area contributed by atoms with E-state index in [1.807, 2.05) is 0 Å². The van der Waals surface area contributed by atoms with E-state index in [4.69, 9.17) is 0 Å². The second-order valence-electron chi connectivity index (χ2n) is 5.17. The van der Waals surface area contributed by atoms with Crippen LogP contribution in [0.4, 0.5) is 0 Å². The normalized spacial score (nSPS) is 26.5. The monoisotopic (exact) mass is 227 g/mol. The van der Waals surface area contributed by atoms with Gasteiger partial charge in [-0.05, 0) is 31.1 Å². The Labute approximate surface area is 98.9 Å². The van der Waals surface area contributed by atoms with E-state index in [1.54, 1.807) is 0 Å². The van der Waals surface area contributed by atoms with Crippen LogP contribution in [0.3, 0.4) is 0 Å². The molecule has 3 heteroatoms. The molecule has 0 amide bonds. The van der Waals surface area contributed by atoms with Crippen molar-refractivity contribution >= 4 is 5.97 Å². The van der Waals surface area contributed by atoms with E-state index >= 15 is 0 Å². The van der Waals surface area contributed by atoms with Crippen LogP contribution in [0.5, 0.6) is 0 Å². The van der Waals surface area contributed by atoms with Gasteiger partial charge in [-0.25, -0.2) is 0 Å². The van der Waals surface area contributed by atoms with Gasteiger partial charge in [0.05, 0.1) is 13.7 Å². The number of ether oxygens (including phenoxy) is 1. The largest absolute Gasteiger partial charge is 0.468 e. The molecule has 1 saturated carbocycles. The third-order valence-electron chi connectivity index (χ3n) is 3.72. The van der Waals surface area contributed by atoms with E-state index in [1.165, 1.54) is 39.2 Å². The Balaban J connectivity index is 2.27. The fourth-order valence-corrected chi connectivity index (χ4v) is 2.50. The minimum Gasteiger partial charge on any atom is -0.468 e. The SMILES string of the molecule is COC(=O)CNC1CCCC(C(C)C)CC1. The topological polar surface area (TPSA) is 38.3 Å². The van der Waals surface area contributed by atoms with E-state index in [-0.39, 0.29) is 5.97 Å². The first-order chi connectivity index (χ1) is 7.63. The molecule has 1 fully saturated rings. The summed E-state index contributed by atoms with van der Waals surface area (Å²) in [5.41, 5.74) is 0. The highest BCUT2D eigenvalue weighted by atomic mass is 16.5. The quantitative estimate of drug-likeness (QED) is 0.592. The number of rotatable bonds is 4. The van der Waals surface area contributed by atoms with E-state index in [2.05, 4.69) is 23.9 Å². The minimum atomic E-state index is -0.162. The van der Waals surface area contributed by atoms with Gasteiger partial charge in [-0.15, -0.1) is 0 Å². The predicted octanol–water partition coefficient (Wildman–Crippen LogP) is 2.35. The molecular weight excluding hydrogens is 202 g/mol. The Morgan fingerprint density at radius 3 is 2.69 bits per heavy atom. The van der Waals surface area contributed by atoms with Crippen molar-refractivity contribution < 1.29 is 9.53 Å². The van der Waals surface area contributed by atoms with E-state index in [0.29, 0.717) is 12.6 Å². The number of esters is 1. The summed E-state index contributed by atoms with van der Waals surface area (Å²) in [4.78, 5) is 11.0. The molecule has 0 radical (unpaired) electrons. The molecule has 1 aliphatic carbocycles. The standard InChI is InChI=1S/C13H25NO2/c1-10(2)11-5-4-6-12(8-7-11)14-9-13(15)16-3/h10-12,14H,4-9H2,1-3H3. The average Bonchev–Trinajstić information content (AvgIpc) is 2.51. The Bertz CT molecular complexity index is 216. The lowest BCUT2D eigenvalue weighted by Crippen LogP contribution is -2.33. The smallest absolute Gasteiger partial charge is 0.319 e. The van der Waals surface area contributed by atoms with Crippen molar-refractivity contribution in [3.8, 4) is 0 Å². The Hall–Kier alpha value is -0.570. The highest BCUT2D eigenvalue weighted by Crippen LogP contribution is 2.28. The van der Waals surface area contributed by atoms with Gasteiger partial charge < -0.3 is 10.1 Å². The minimum absolute atomic E-state index is 0.162. The van der Waals surface area contributed by atoms with Crippen molar-refractivity contribution in [2.45, 2.75) is 52.0 Å². The second kappa shape index (κ2) is 6.89. The van der Waals surface area contributed by atoms with Crippen molar-refractivity contribution in [2.75, 3.05) is 13.7 Å². The van der Waals surface area contributed by atoms with Gasteiger partial charge in [-0.3, -0.25) is 4.79 Å². The molecular formula is C13H25NO2. The highest BCUT2D eigenvalue weighted by Gasteiger charge is 2.21. The molecule has 0 aromatic rings. The lowest BCUT2D eigenvalue weighted by atomic mass is 9.89. The first kappa shape index (κ1) is 13.5. The molecule has 0 saturated heterocycles. The van der Waals surface area contributed by atoms with Crippen LogP contribution in [0.15, 0.2) is 0 Å². The number of carbonyl (C=O) groups is 1. The number of hydrogen-bond acceptors (Lipinski definition) is 3. The van der Waals surface area contributed by atoms with Crippen LogP contribution in [0, 0.1) is 11.8 Å². The van der Waals surface area contributed by atoms with Gasteiger partial charge in [0.1, 0.15) is 0 Å². The molecule has 0 bridgehead atoms. The Kier molecular flexibility index (Phi) is 5.81. The zero-order chi connectivity index (χ0) is 12.0. The van der Waals surface area contributed by atoms with Crippen LogP contribution in [0.1, 0.15) is 46.0 Å². The van der Waals surface area contributed by atoms with Crippen molar-refractivity contribution in [1.82, 2.24) is 5.32 Å². The molecule has 1 rings (SSSR count). The number of methoxy groups -OCH3 is 1. The fourth-order valence-electron chi connectivity index (χ4n) is 2.50. The Morgan fingerprint density at radius 1 is 1.31 bits per heavy atom. The molecule has 0 aromatic heterocycles.